The molecule has 160 valence electrons. The number of pyridine rings is 1. The molecule has 4 atom stereocenters. The van der Waals surface area contributed by atoms with Gasteiger partial charge in [0, 0.05) is 25.2 Å². The van der Waals surface area contributed by atoms with Crippen LogP contribution in [0.1, 0.15) is 28.3 Å². The van der Waals surface area contributed by atoms with Crippen LogP contribution in [0.3, 0.4) is 0 Å². The number of ether oxygens (including phenoxy) is 2. The normalized spacial score (nSPS) is 26.4. The summed E-state index contributed by atoms with van der Waals surface area (Å²) >= 11 is 0. The van der Waals surface area contributed by atoms with Crippen LogP contribution in [-0.2, 0) is 4.74 Å². The second kappa shape index (κ2) is 8.99. The Morgan fingerprint density at radius 3 is 2.67 bits per heavy atom. The summed E-state index contributed by atoms with van der Waals surface area (Å²) in [4.78, 5) is 19.6. The molecule has 0 radical (unpaired) electrons. The number of benzene rings is 1. The van der Waals surface area contributed by atoms with E-state index in [1.165, 1.54) is 7.11 Å². The zero-order valence-electron chi connectivity index (χ0n) is 16.9. The number of nitrogens with one attached hydrogen (secondary N) is 1. The molecule has 1 saturated heterocycles. The molecule has 1 amide bonds. The Balaban J connectivity index is 1.52. The highest BCUT2D eigenvalue weighted by molar-refractivity contribution is 5.97. The van der Waals surface area contributed by atoms with Gasteiger partial charge >= 0.3 is 0 Å². The van der Waals surface area contributed by atoms with Gasteiger partial charge in [0.1, 0.15) is 17.7 Å². The number of aliphatic hydroxyl groups is 2. The van der Waals surface area contributed by atoms with Crippen molar-refractivity contribution in [1.82, 2.24) is 10.3 Å². The number of carbonyl (C=O) groups excluding carboxylic acids is 1. The monoisotopic (exact) mass is 413 g/mol. The van der Waals surface area contributed by atoms with E-state index in [1.807, 2.05) is 12.1 Å². The maximum absolute atomic E-state index is 12.9. The molecule has 4 rings (SSSR count). The van der Waals surface area contributed by atoms with Gasteiger partial charge in [0.05, 0.1) is 38.0 Å². The van der Waals surface area contributed by atoms with E-state index in [1.54, 1.807) is 30.5 Å². The summed E-state index contributed by atoms with van der Waals surface area (Å²) in [5, 5.41) is 23.7. The molecular weight excluding hydrogens is 386 g/mol. The van der Waals surface area contributed by atoms with Crippen molar-refractivity contribution in [1.29, 1.82) is 0 Å². The summed E-state index contributed by atoms with van der Waals surface area (Å²) in [5.41, 5.74) is 1.25. The first-order chi connectivity index (χ1) is 14.6. The third-order valence-electron chi connectivity index (χ3n) is 5.87. The van der Waals surface area contributed by atoms with Crippen LogP contribution in [0.15, 0.2) is 42.6 Å². The first-order valence-electron chi connectivity index (χ1n) is 10.2. The predicted molar refractivity (Wildman–Crippen MR) is 111 cm³/mol. The number of rotatable bonds is 5. The smallest absolute Gasteiger partial charge is 0.255 e. The molecule has 2 aromatic rings. The van der Waals surface area contributed by atoms with Gasteiger partial charge < -0.3 is 29.9 Å². The van der Waals surface area contributed by atoms with Crippen LogP contribution in [0.2, 0.25) is 0 Å². The third-order valence-corrected chi connectivity index (χ3v) is 5.87. The van der Waals surface area contributed by atoms with E-state index in [4.69, 9.17) is 9.47 Å². The summed E-state index contributed by atoms with van der Waals surface area (Å²) in [7, 11) is 1.50. The van der Waals surface area contributed by atoms with Gasteiger partial charge in [-0.1, -0.05) is 18.2 Å². The fourth-order valence-electron chi connectivity index (χ4n) is 4.21. The van der Waals surface area contributed by atoms with Gasteiger partial charge in [0.2, 0.25) is 0 Å². The number of methoxy groups -OCH3 is 1. The SMILES string of the molecule is COc1ccccc1C(=O)N[C@H]1[C@H](O)[C@H](O)C[C@@H]1c1ccc(N2CCOCC2)nc1. The molecule has 1 saturated carbocycles. The number of carbonyl (C=O) groups is 1. The van der Waals surface area contributed by atoms with Crippen molar-refractivity contribution in [3.8, 4) is 5.75 Å². The summed E-state index contributed by atoms with van der Waals surface area (Å²) in [6.07, 6.45) is 0.128. The molecule has 30 heavy (non-hydrogen) atoms. The molecule has 1 aromatic carbocycles. The highest BCUT2D eigenvalue weighted by Crippen LogP contribution is 2.36. The van der Waals surface area contributed by atoms with Crippen LogP contribution in [0.4, 0.5) is 5.82 Å². The van der Waals surface area contributed by atoms with Crippen LogP contribution >= 0.6 is 0 Å². The quantitative estimate of drug-likeness (QED) is 0.670. The van der Waals surface area contributed by atoms with Gasteiger partial charge in [0.15, 0.2) is 0 Å². The molecule has 2 heterocycles. The lowest BCUT2D eigenvalue weighted by Crippen LogP contribution is -2.45. The Morgan fingerprint density at radius 2 is 1.97 bits per heavy atom. The van der Waals surface area contributed by atoms with E-state index in [2.05, 4.69) is 15.2 Å². The van der Waals surface area contributed by atoms with Crippen LogP contribution in [0, 0.1) is 0 Å². The Morgan fingerprint density at radius 1 is 1.20 bits per heavy atom. The number of hydrogen-bond donors (Lipinski definition) is 3. The molecule has 1 aromatic heterocycles. The Labute approximate surface area is 175 Å². The van der Waals surface area contributed by atoms with E-state index >= 15 is 0 Å². The average Bonchev–Trinajstić information content (AvgIpc) is 3.08. The van der Waals surface area contributed by atoms with Crippen molar-refractivity contribution in [2.45, 2.75) is 30.6 Å². The minimum Gasteiger partial charge on any atom is -0.496 e. The summed E-state index contributed by atoms with van der Waals surface area (Å²) < 4.78 is 10.6. The largest absolute Gasteiger partial charge is 0.496 e. The first kappa shape index (κ1) is 20.6. The van der Waals surface area contributed by atoms with Crippen LogP contribution in [-0.4, -0.2) is 72.8 Å². The van der Waals surface area contributed by atoms with E-state index in [-0.39, 0.29) is 11.8 Å². The van der Waals surface area contributed by atoms with Gasteiger partial charge in [0.25, 0.3) is 5.91 Å². The van der Waals surface area contributed by atoms with E-state index in [0.29, 0.717) is 30.9 Å². The summed E-state index contributed by atoms with van der Waals surface area (Å²) in [6, 6.07) is 10.2. The van der Waals surface area contributed by atoms with E-state index < -0.39 is 18.2 Å². The number of aliphatic hydroxyl groups excluding tert-OH is 2. The zero-order valence-corrected chi connectivity index (χ0v) is 16.9. The lowest BCUT2D eigenvalue weighted by Gasteiger charge is -2.28. The van der Waals surface area contributed by atoms with E-state index in [9.17, 15) is 15.0 Å². The fourth-order valence-corrected chi connectivity index (χ4v) is 4.21. The number of nitrogens with zero attached hydrogens (tertiary/aromatic N) is 2. The molecule has 2 aliphatic rings. The summed E-state index contributed by atoms with van der Waals surface area (Å²) in [5.74, 6) is 0.722. The Bertz CT molecular complexity index is 869. The second-order valence-electron chi connectivity index (χ2n) is 7.65. The molecule has 0 bridgehead atoms. The fraction of sp³-hybridized carbons (Fsp3) is 0.455. The number of amides is 1. The highest BCUT2D eigenvalue weighted by Gasteiger charge is 2.43. The molecule has 0 unspecified atom stereocenters. The van der Waals surface area contributed by atoms with Crippen molar-refractivity contribution in [3.05, 3.63) is 53.7 Å². The van der Waals surface area contributed by atoms with Gasteiger partial charge in [-0.15, -0.1) is 0 Å². The van der Waals surface area contributed by atoms with Crippen LogP contribution < -0.4 is 15.0 Å². The molecular formula is C22H27N3O5. The van der Waals surface area contributed by atoms with Crippen LogP contribution in [0.5, 0.6) is 5.75 Å². The lowest BCUT2D eigenvalue weighted by atomic mass is 9.94. The zero-order chi connectivity index (χ0) is 21.1. The summed E-state index contributed by atoms with van der Waals surface area (Å²) in [6.45, 7) is 2.96. The second-order valence-corrected chi connectivity index (χ2v) is 7.65. The van der Waals surface area contributed by atoms with Gasteiger partial charge in [-0.2, -0.15) is 0 Å². The van der Waals surface area contributed by atoms with Gasteiger partial charge in [-0.3, -0.25) is 4.79 Å². The van der Waals surface area contributed by atoms with Gasteiger partial charge in [-0.25, -0.2) is 4.98 Å². The minimum atomic E-state index is -1.06. The standard InChI is InChI=1S/C22H27N3O5/c1-29-18-5-3-2-4-15(18)22(28)24-20-16(12-17(26)21(20)27)14-6-7-19(23-13-14)25-8-10-30-11-9-25/h2-7,13,16-17,20-21,26-27H,8-12H2,1H3,(H,24,28)/t16-,17-,20-,21-/m1/s1. The molecule has 8 nitrogen and oxygen atoms in total. The molecule has 0 spiro atoms. The first-order valence-corrected chi connectivity index (χ1v) is 10.2. The number of anilines is 1. The molecule has 2 fully saturated rings. The van der Waals surface area contributed by atoms with Gasteiger partial charge in [-0.05, 0) is 30.2 Å². The molecule has 8 heteroatoms. The minimum absolute atomic E-state index is 0.250. The van der Waals surface area contributed by atoms with Crippen LogP contribution in [0.25, 0.3) is 0 Å². The number of hydrogen-bond acceptors (Lipinski definition) is 7. The maximum atomic E-state index is 12.9. The number of para-hydroxylation sites is 1. The average molecular weight is 413 g/mol. The van der Waals surface area contributed by atoms with Crippen molar-refractivity contribution in [2.75, 3.05) is 38.3 Å². The Kier molecular flexibility index (Phi) is 6.17. The van der Waals surface area contributed by atoms with Crippen molar-refractivity contribution < 1.29 is 24.5 Å². The number of morpholine rings is 1. The lowest BCUT2D eigenvalue weighted by molar-refractivity contribution is 0.0294. The Hall–Kier alpha value is -2.68. The van der Waals surface area contributed by atoms with E-state index in [0.717, 1.165) is 24.5 Å². The molecule has 1 aliphatic carbocycles. The molecule has 1 aliphatic heterocycles. The maximum Gasteiger partial charge on any atom is 0.255 e. The van der Waals surface area contributed by atoms with Crippen molar-refractivity contribution >= 4 is 11.7 Å². The molecule has 3 N–H and O–H groups in total. The van der Waals surface area contributed by atoms with Crippen molar-refractivity contribution in [3.63, 3.8) is 0 Å². The topological polar surface area (TPSA) is 104 Å². The third kappa shape index (κ3) is 4.12. The predicted octanol–water partition coefficient (Wildman–Crippen LogP) is 0.934. The van der Waals surface area contributed by atoms with Crippen molar-refractivity contribution in [2.24, 2.45) is 0 Å². The number of aromatic nitrogens is 1. The highest BCUT2D eigenvalue weighted by atomic mass is 16.5.